The quantitative estimate of drug-likeness (QED) is 0.436. The lowest BCUT2D eigenvalue weighted by atomic mass is 10.2. The number of thiazole rings is 1. The van der Waals surface area contributed by atoms with Gasteiger partial charge in [0.1, 0.15) is 11.5 Å². The van der Waals surface area contributed by atoms with E-state index in [-0.39, 0.29) is 11.4 Å². The van der Waals surface area contributed by atoms with Crippen LogP contribution in [0.25, 0.3) is 16.3 Å². The number of carbonyl (C=O) groups excluding carboxylic acids is 1. The van der Waals surface area contributed by atoms with Gasteiger partial charge in [-0.15, -0.1) is 22.7 Å². The minimum absolute atomic E-state index is 0.0564. The van der Waals surface area contributed by atoms with Crippen molar-refractivity contribution in [2.45, 2.75) is 6.54 Å². The Morgan fingerprint density at radius 1 is 1.15 bits per heavy atom. The Hall–Kier alpha value is -2.99. The maximum absolute atomic E-state index is 14.5. The summed E-state index contributed by atoms with van der Waals surface area (Å²) in [5.41, 5.74) is 1.57. The summed E-state index contributed by atoms with van der Waals surface area (Å²) in [5.74, 6) is -1.91. The fraction of sp³-hybridized carbons (Fsp3) is 0.227. The van der Waals surface area contributed by atoms with Crippen LogP contribution in [0.15, 0.2) is 47.2 Å². The number of nitrogens with zero attached hydrogens (tertiary/aromatic N) is 4. The molecule has 5 rings (SSSR count). The Labute approximate surface area is 196 Å². The molecule has 1 aliphatic heterocycles. The monoisotopic (exact) mass is 487 g/mol. The third-order valence-electron chi connectivity index (χ3n) is 5.12. The minimum Gasteiger partial charge on any atom is -0.379 e. The van der Waals surface area contributed by atoms with Gasteiger partial charge in [-0.3, -0.25) is 15.0 Å². The standard InChI is InChI=1S/C22H19F2N5O2S2/c23-14-3-4-18(16(24)10-14)29-19(20-2-1-9-32-20)11-17(27-29)21(30)26-22-25-15(13-33-22)12-28-5-7-31-8-6-28/h1-4,9-11,13H,5-8,12H2,(H,25,26,30). The number of benzene rings is 1. The summed E-state index contributed by atoms with van der Waals surface area (Å²) in [4.78, 5) is 20.5. The van der Waals surface area contributed by atoms with E-state index in [2.05, 4.69) is 20.3 Å². The maximum atomic E-state index is 14.5. The molecule has 4 aromatic rings. The molecule has 170 valence electrons. The number of morpholine rings is 1. The van der Waals surface area contributed by atoms with Crippen LogP contribution in [0.4, 0.5) is 13.9 Å². The largest absolute Gasteiger partial charge is 0.379 e. The third kappa shape index (κ3) is 4.86. The topological polar surface area (TPSA) is 72.3 Å². The summed E-state index contributed by atoms with van der Waals surface area (Å²) >= 11 is 2.76. The number of ether oxygens (including phenoxy) is 1. The third-order valence-corrected chi connectivity index (χ3v) is 6.81. The van der Waals surface area contributed by atoms with E-state index in [4.69, 9.17) is 4.74 Å². The molecule has 1 amide bonds. The average Bonchev–Trinajstić information content (AvgIpc) is 3.55. The smallest absolute Gasteiger partial charge is 0.277 e. The van der Waals surface area contributed by atoms with E-state index in [1.54, 1.807) is 6.07 Å². The number of carbonyl (C=O) groups is 1. The number of nitrogens with one attached hydrogen (secondary N) is 1. The zero-order valence-electron chi connectivity index (χ0n) is 17.3. The second-order valence-electron chi connectivity index (χ2n) is 7.39. The van der Waals surface area contributed by atoms with Crippen molar-refractivity contribution in [3.8, 4) is 16.3 Å². The van der Waals surface area contributed by atoms with Gasteiger partial charge in [-0.1, -0.05) is 6.07 Å². The van der Waals surface area contributed by atoms with Crippen LogP contribution >= 0.6 is 22.7 Å². The van der Waals surface area contributed by atoms with Gasteiger partial charge in [0.25, 0.3) is 5.91 Å². The number of halogens is 2. The molecule has 0 aliphatic carbocycles. The molecule has 7 nitrogen and oxygen atoms in total. The zero-order chi connectivity index (χ0) is 22.8. The number of rotatable bonds is 6. The van der Waals surface area contributed by atoms with Gasteiger partial charge in [-0.2, -0.15) is 5.10 Å². The van der Waals surface area contributed by atoms with Gasteiger partial charge in [0.2, 0.25) is 0 Å². The Kier molecular flexibility index (Phi) is 6.27. The summed E-state index contributed by atoms with van der Waals surface area (Å²) in [6.07, 6.45) is 0. The molecule has 0 radical (unpaired) electrons. The summed E-state index contributed by atoms with van der Waals surface area (Å²) in [6.45, 7) is 3.80. The van der Waals surface area contributed by atoms with E-state index in [1.807, 2.05) is 22.9 Å². The van der Waals surface area contributed by atoms with Gasteiger partial charge < -0.3 is 4.74 Å². The molecule has 0 bridgehead atoms. The summed E-state index contributed by atoms with van der Waals surface area (Å²) in [7, 11) is 0. The summed E-state index contributed by atoms with van der Waals surface area (Å²) < 4.78 is 34.6. The predicted octanol–water partition coefficient (Wildman–Crippen LogP) is 4.42. The molecule has 0 atom stereocenters. The van der Waals surface area contributed by atoms with Crippen LogP contribution in [-0.2, 0) is 11.3 Å². The van der Waals surface area contributed by atoms with E-state index >= 15 is 0 Å². The maximum Gasteiger partial charge on any atom is 0.277 e. The highest BCUT2D eigenvalue weighted by Crippen LogP contribution is 2.29. The van der Waals surface area contributed by atoms with Gasteiger partial charge in [0.05, 0.1) is 29.5 Å². The normalized spacial score (nSPS) is 14.5. The number of anilines is 1. The Morgan fingerprint density at radius 3 is 2.76 bits per heavy atom. The van der Waals surface area contributed by atoms with E-state index in [1.165, 1.54) is 33.4 Å². The van der Waals surface area contributed by atoms with E-state index in [0.717, 1.165) is 35.8 Å². The van der Waals surface area contributed by atoms with Crippen LogP contribution in [-0.4, -0.2) is 51.9 Å². The molecular formula is C22H19F2N5O2S2. The van der Waals surface area contributed by atoms with Crippen LogP contribution in [0, 0.1) is 11.6 Å². The number of thiophene rings is 1. The van der Waals surface area contributed by atoms with Crippen molar-refractivity contribution < 1.29 is 18.3 Å². The second-order valence-corrected chi connectivity index (χ2v) is 9.19. The molecule has 1 aromatic carbocycles. The lowest BCUT2D eigenvalue weighted by Crippen LogP contribution is -2.35. The van der Waals surface area contributed by atoms with E-state index in [0.29, 0.717) is 30.6 Å². The highest BCUT2D eigenvalue weighted by atomic mass is 32.1. The first-order valence-corrected chi connectivity index (χ1v) is 12.0. The van der Waals surface area contributed by atoms with Gasteiger partial charge >= 0.3 is 0 Å². The molecule has 1 N–H and O–H groups in total. The molecule has 1 fully saturated rings. The molecule has 1 aliphatic rings. The van der Waals surface area contributed by atoms with Crippen molar-refractivity contribution in [2.24, 2.45) is 0 Å². The number of amides is 1. The molecular weight excluding hydrogens is 468 g/mol. The molecule has 3 aromatic heterocycles. The highest BCUT2D eigenvalue weighted by Gasteiger charge is 2.21. The van der Waals surface area contributed by atoms with Crippen molar-refractivity contribution in [1.82, 2.24) is 19.7 Å². The lowest BCUT2D eigenvalue weighted by Gasteiger charge is -2.25. The average molecular weight is 488 g/mol. The fourth-order valence-corrected chi connectivity index (χ4v) is 4.94. The van der Waals surface area contributed by atoms with Crippen LogP contribution in [0.1, 0.15) is 16.2 Å². The van der Waals surface area contributed by atoms with Crippen LogP contribution in [0.5, 0.6) is 0 Å². The lowest BCUT2D eigenvalue weighted by molar-refractivity contribution is 0.0337. The second kappa shape index (κ2) is 9.48. The molecule has 0 saturated carbocycles. The number of hydrogen-bond donors (Lipinski definition) is 1. The van der Waals surface area contributed by atoms with Crippen molar-refractivity contribution in [3.05, 3.63) is 70.2 Å². The Bertz CT molecular complexity index is 1270. The van der Waals surface area contributed by atoms with Crippen molar-refractivity contribution in [2.75, 3.05) is 31.6 Å². The van der Waals surface area contributed by atoms with Crippen LogP contribution < -0.4 is 5.32 Å². The summed E-state index contributed by atoms with van der Waals surface area (Å²) in [5, 5.41) is 11.3. The van der Waals surface area contributed by atoms with E-state index in [9.17, 15) is 13.6 Å². The minimum atomic E-state index is -0.768. The number of hydrogen-bond acceptors (Lipinski definition) is 7. The van der Waals surface area contributed by atoms with Gasteiger partial charge in [-0.05, 0) is 29.6 Å². The molecule has 1 saturated heterocycles. The van der Waals surface area contributed by atoms with Crippen LogP contribution in [0.2, 0.25) is 0 Å². The Balaban J connectivity index is 1.38. The first-order valence-electron chi connectivity index (χ1n) is 10.2. The highest BCUT2D eigenvalue weighted by molar-refractivity contribution is 7.14. The van der Waals surface area contributed by atoms with Crippen molar-refractivity contribution in [1.29, 1.82) is 0 Å². The fourth-order valence-electron chi connectivity index (χ4n) is 3.52. The molecule has 0 unspecified atom stereocenters. The van der Waals surface area contributed by atoms with Gasteiger partial charge in [-0.25, -0.2) is 18.4 Å². The molecule has 11 heteroatoms. The molecule has 33 heavy (non-hydrogen) atoms. The van der Waals surface area contributed by atoms with Gasteiger partial charge in [0.15, 0.2) is 16.6 Å². The first-order chi connectivity index (χ1) is 16.1. The van der Waals surface area contributed by atoms with E-state index < -0.39 is 17.5 Å². The first kappa shape index (κ1) is 21.8. The Morgan fingerprint density at radius 2 is 2.00 bits per heavy atom. The van der Waals surface area contributed by atoms with Gasteiger partial charge in [0, 0.05) is 31.1 Å². The predicted molar refractivity (Wildman–Crippen MR) is 123 cm³/mol. The molecule has 0 spiro atoms. The zero-order valence-corrected chi connectivity index (χ0v) is 19.0. The SMILES string of the molecule is O=C(Nc1nc(CN2CCOCC2)cs1)c1cc(-c2cccs2)n(-c2ccc(F)cc2F)n1. The van der Waals surface area contributed by atoms with Crippen molar-refractivity contribution in [3.63, 3.8) is 0 Å². The van der Waals surface area contributed by atoms with Crippen LogP contribution in [0.3, 0.4) is 0 Å². The van der Waals surface area contributed by atoms with Crippen molar-refractivity contribution >= 4 is 33.7 Å². The summed E-state index contributed by atoms with van der Waals surface area (Å²) in [6, 6.07) is 8.54. The number of aromatic nitrogens is 3. The molecule has 4 heterocycles.